The molecule has 7 heteroatoms. The van der Waals surface area contributed by atoms with Crippen LogP contribution in [0.3, 0.4) is 0 Å². The Morgan fingerprint density at radius 2 is 1.74 bits per heavy atom. The molecule has 2 aromatic carbocycles. The van der Waals surface area contributed by atoms with Crippen molar-refractivity contribution < 1.29 is 14.4 Å². The number of amides is 3. The van der Waals surface area contributed by atoms with E-state index in [1.54, 1.807) is 22.4 Å². The summed E-state index contributed by atoms with van der Waals surface area (Å²) in [6.07, 6.45) is 1.80. The van der Waals surface area contributed by atoms with Crippen LogP contribution >= 0.6 is 11.3 Å². The topological polar surface area (TPSA) is 78.5 Å². The number of anilines is 1. The second-order valence-electron chi connectivity index (χ2n) is 7.29. The van der Waals surface area contributed by atoms with E-state index in [-0.39, 0.29) is 18.4 Å². The first-order valence-electron chi connectivity index (χ1n) is 10.2. The van der Waals surface area contributed by atoms with Gasteiger partial charge in [0.15, 0.2) is 0 Å². The maximum Gasteiger partial charge on any atom is 0.261 e. The van der Waals surface area contributed by atoms with Crippen LogP contribution in [0.4, 0.5) is 5.69 Å². The lowest BCUT2D eigenvalue weighted by atomic mass is 9.99. The molecular formula is C24H23N3O3S. The fraction of sp³-hybridized carbons (Fsp3) is 0.208. The van der Waals surface area contributed by atoms with Crippen LogP contribution in [0.15, 0.2) is 72.1 Å². The van der Waals surface area contributed by atoms with Gasteiger partial charge in [-0.05, 0) is 41.5 Å². The standard InChI is InChI=1S/C24H23N3O3S/c28-21(16-25-23(29)20-13-7-15-31-20)26-22(18-9-2-1-3-10-18)24(30)27-14-6-11-17-8-4-5-12-19(17)27/h1-5,7-10,12-13,15,22H,6,11,14,16H2,(H,25,29)(H,26,28)/t22-/m0/s1. The first-order chi connectivity index (χ1) is 15.1. The van der Waals surface area contributed by atoms with Crippen LogP contribution in [0, 0.1) is 0 Å². The minimum atomic E-state index is -0.835. The summed E-state index contributed by atoms with van der Waals surface area (Å²) in [6, 6.07) is 19.7. The number of aryl methyl sites for hydroxylation is 1. The van der Waals surface area contributed by atoms with Crippen LogP contribution in [0.5, 0.6) is 0 Å². The second-order valence-corrected chi connectivity index (χ2v) is 8.24. The molecule has 2 heterocycles. The van der Waals surface area contributed by atoms with Gasteiger partial charge in [-0.1, -0.05) is 54.6 Å². The predicted octanol–water partition coefficient (Wildman–Crippen LogP) is 3.31. The molecule has 0 unspecified atom stereocenters. The fourth-order valence-corrected chi connectivity index (χ4v) is 4.36. The Kier molecular flexibility index (Phi) is 6.43. The molecule has 3 aromatic rings. The van der Waals surface area contributed by atoms with Gasteiger partial charge in [0, 0.05) is 12.2 Å². The molecule has 1 atom stereocenters. The van der Waals surface area contributed by atoms with E-state index >= 15 is 0 Å². The molecule has 0 bridgehead atoms. The molecule has 0 saturated carbocycles. The number of para-hydroxylation sites is 1. The molecule has 3 amide bonds. The zero-order valence-electron chi connectivity index (χ0n) is 16.9. The Hall–Kier alpha value is -3.45. The van der Waals surface area contributed by atoms with E-state index in [1.165, 1.54) is 11.3 Å². The van der Waals surface area contributed by atoms with Gasteiger partial charge < -0.3 is 15.5 Å². The largest absolute Gasteiger partial charge is 0.342 e. The summed E-state index contributed by atoms with van der Waals surface area (Å²) in [4.78, 5) is 40.6. The maximum absolute atomic E-state index is 13.5. The van der Waals surface area contributed by atoms with E-state index < -0.39 is 11.9 Å². The summed E-state index contributed by atoms with van der Waals surface area (Å²) >= 11 is 1.31. The SMILES string of the molecule is O=C(CNC(=O)c1cccs1)N[C@H](C(=O)N1CCCc2ccccc21)c1ccccc1. The van der Waals surface area contributed by atoms with Crippen LogP contribution in [0.1, 0.15) is 33.3 Å². The zero-order valence-corrected chi connectivity index (χ0v) is 17.7. The second kappa shape index (κ2) is 9.57. The van der Waals surface area contributed by atoms with E-state index in [0.717, 1.165) is 24.1 Å². The van der Waals surface area contributed by atoms with Crippen molar-refractivity contribution >= 4 is 34.7 Å². The summed E-state index contributed by atoms with van der Waals surface area (Å²) in [5.41, 5.74) is 2.72. The molecular weight excluding hydrogens is 410 g/mol. The molecule has 1 aromatic heterocycles. The van der Waals surface area contributed by atoms with E-state index in [0.29, 0.717) is 17.0 Å². The first-order valence-corrected chi connectivity index (χ1v) is 11.1. The molecule has 0 fully saturated rings. The molecule has 4 rings (SSSR count). The third-order valence-electron chi connectivity index (χ3n) is 5.22. The Morgan fingerprint density at radius 3 is 2.52 bits per heavy atom. The Labute approximate surface area is 184 Å². The predicted molar refractivity (Wildman–Crippen MR) is 121 cm³/mol. The van der Waals surface area contributed by atoms with Crippen LogP contribution in [-0.4, -0.2) is 30.8 Å². The lowest BCUT2D eigenvalue weighted by Crippen LogP contribution is -2.47. The van der Waals surface area contributed by atoms with Crippen molar-refractivity contribution in [2.75, 3.05) is 18.0 Å². The number of rotatable bonds is 6. The van der Waals surface area contributed by atoms with Crippen LogP contribution in [0.25, 0.3) is 0 Å². The Bertz CT molecular complexity index is 1070. The van der Waals surface area contributed by atoms with Crippen molar-refractivity contribution in [2.24, 2.45) is 0 Å². The highest BCUT2D eigenvalue weighted by molar-refractivity contribution is 7.12. The quantitative estimate of drug-likeness (QED) is 0.626. The van der Waals surface area contributed by atoms with E-state index in [9.17, 15) is 14.4 Å². The molecule has 1 aliphatic rings. The Morgan fingerprint density at radius 1 is 0.968 bits per heavy atom. The van der Waals surface area contributed by atoms with Crippen LogP contribution in [-0.2, 0) is 16.0 Å². The lowest BCUT2D eigenvalue weighted by Gasteiger charge is -2.32. The van der Waals surface area contributed by atoms with Gasteiger partial charge in [0.1, 0.15) is 6.04 Å². The van der Waals surface area contributed by atoms with E-state index in [1.807, 2.05) is 54.6 Å². The van der Waals surface area contributed by atoms with Gasteiger partial charge in [-0.3, -0.25) is 14.4 Å². The summed E-state index contributed by atoms with van der Waals surface area (Å²) in [6.45, 7) is 0.397. The number of nitrogens with zero attached hydrogens (tertiary/aromatic N) is 1. The highest BCUT2D eigenvalue weighted by Gasteiger charge is 2.30. The molecule has 6 nitrogen and oxygen atoms in total. The number of hydrogen-bond donors (Lipinski definition) is 2. The molecule has 158 valence electrons. The highest BCUT2D eigenvalue weighted by atomic mass is 32.1. The average Bonchev–Trinajstić information content (AvgIpc) is 3.36. The van der Waals surface area contributed by atoms with Gasteiger partial charge in [-0.15, -0.1) is 11.3 Å². The van der Waals surface area contributed by atoms with E-state index in [2.05, 4.69) is 10.6 Å². The number of fused-ring (bicyclic) bond motifs is 1. The van der Waals surface area contributed by atoms with Gasteiger partial charge in [0.05, 0.1) is 11.4 Å². The normalized spacial score (nSPS) is 13.7. The number of hydrogen-bond acceptors (Lipinski definition) is 4. The third-order valence-corrected chi connectivity index (χ3v) is 6.08. The summed E-state index contributed by atoms with van der Waals surface area (Å²) in [5, 5.41) is 7.23. The van der Waals surface area contributed by atoms with Crippen molar-refractivity contribution in [2.45, 2.75) is 18.9 Å². The molecule has 0 aliphatic carbocycles. The molecule has 0 saturated heterocycles. The van der Waals surface area contributed by atoms with Gasteiger partial charge in [-0.2, -0.15) is 0 Å². The number of benzene rings is 2. The summed E-state index contributed by atoms with van der Waals surface area (Å²) in [5.74, 6) is -0.911. The first kappa shape index (κ1) is 20.8. The highest BCUT2D eigenvalue weighted by Crippen LogP contribution is 2.29. The Balaban J connectivity index is 1.51. The fourth-order valence-electron chi connectivity index (χ4n) is 3.72. The van der Waals surface area contributed by atoms with Crippen molar-refractivity contribution in [3.63, 3.8) is 0 Å². The smallest absolute Gasteiger partial charge is 0.261 e. The number of carbonyl (C=O) groups is 3. The van der Waals surface area contributed by atoms with Gasteiger partial charge in [-0.25, -0.2) is 0 Å². The molecule has 0 spiro atoms. The molecule has 0 radical (unpaired) electrons. The van der Waals surface area contributed by atoms with Crippen LogP contribution in [0.2, 0.25) is 0 Å². The number of nitrogens with one attached hydrogen (secondary N) is 2. The van der Waals surface area contributed by atoms with Gasteiger partial charge in [0.2, 0.25) is 5.91 Å². The number of carbonyl (C=O) groups excluding carboxylic acids is 3. The minimum Gasteiger partial charge on any atom is -0.342 e. The van der Waals surface area contributed by atoms with Gasteiger partial charge >= 0.3 is 0 Å². The van der Waals surface area contributed by atoms with Gasteiger partial charge in [0.25, 0.3) is 11.8 Å². The molecule has 31 heavy (non-hydrogen) atoms. The van der Waals surface area contributed by atoms with Crippen molar-refractivity contribution in [1.29, 1.82) is 0 Å². The zero-order chi connectivity index (χ0) is 21.6. The minimum absolute atomic E-state index is 0.184. The lowest BCUT2D eigenvalue weighted by molar-refractivity contribution is -0.127. The molecule has 1 aliphatic heterocycles. The summed E-state index contributed by atoms with van der Waals surface area (Å²) < 4.78 is 0. The third kappa shape index (κ3) is 4.83. The maximum atomic E-state index is 13.5. The number of thiophene rings is 1. The average molecular weight is 434 g/mol. The monoisotopic (exact) mass is 433 g/mol. The summed E-state index contributed by atoms with van der Waals surface area (Å²) in [7, 11) is 0. The van der Waals surface area contributed by atoms with Crippen LogP contribution < -0.4 is 15.5 Å². The van der Waals surface area contributed by atoms with Crippen molar-refractivity contribution in [1.82, 2.24) is 10.6 Å². The van der Waals surface area contributed by atoms with E-state index in [4.69, 9.17) is 0 Å². The molecule has 2 N–H and O–H groups in total. The van der Waals surface area contributed by atoms with Crippen molar-refractivity contribution in [3.05, 3.63) is 88.1 Å². The van der Waals surface area contributed by atoms with Crippen molar-refractivity contribution in [3.8, 4) is 0 Å².